The van der Waals surface area contributed by atoms with Crippen molar-refractivity contribution in [3.05, 3.63) is 83.4 Å². The van der Waals surface area contributed by atoms with E-state index in [4.69, 9.17) is 9.47 Å². The number of nitrogens with zero attached hydrogens (tertiary/aromatic N) is 2. The van der Waals surface area contributed by atoms with Crippen LogP contribution >= 0.6 is 0 Å². The molecule has 5 heteroatoms. The summed E-state index contributed by atoms with van der Waals surface area (Å²) in [6, 6.07) is 9.14. The largest absolute Gasteiger partial charge is 0.495 e. The van der Waals surface area contributed by atoms with Crippen molar-refractivity contribution in [1.29, 1.82) is 0 Å². The lowest BCUT2D eigenvalue weighted by molar-refractivity contribution is -0.0327. The average molecular weight is 512 g/mol. The molecule has 4 aliphatic rings. The molecule has 0 spiro atoms. The fourth-order valence-corrected chi connectivity index (χ4v) is 6.14. The molecular weight excluding hydrogens is 470 g/mol. The molecule has 38 heavy (non-hydrogen) atoms. The minimum atomic E-state index is 0.337. The van der Waals surface area contributed by atoms with Gasteiger partial charge in [0.2, 0.25) is 0 Å². The van der Waals surface area contributed by atoms with Crippen molar-refractivity contribution in [2.75, 3.05) is 45.9 Å². The van der Waals surface area contributed by atoms with E-state index in [-0.39, 0.29) is 0 Å². The van der Waals surface area contributed by atoms with Gasteiger partial charge in [-0.25, -0.2) is 0 Å². The molecule has 0 radical (unpaired) electrons. The van der Waals surface area contributed by atoms with Crippen LogP contribution in [0.2, 0.25) is 0 Å². The number of hydrogen-bond donors (Lipinski definition) is 1. The molecule has 5 nitrogen and oxygen atoms in total. The minimum Gasteiger partial charge on any atom is -0.495 e. The summed E-state index contributed by atoms with van der Waals surface area (Å²) in [5, 5.41) is 3.40. The average Bonchev–Trinajstić information content (AvgIpc) is 3.10. The maximum atomic E-state index is 6.43. The summed E-state index contributed by atoms with van der Waals surface area (Å²) in [4.78, 5) is 6.89. The van der Waals surface area contributed by atoms with E-state index < -0.39 is 0 Å². The smallest absolute Gasteiger partial charge is 0.0989 e. The van der Waals surface area contributed by atoms with Crippen molar-refractivity contribution in [2.24, 2.45) is 5.92 Å². The second-order valence-electron chi connectivity index (χ2n) is 11.2. The topological polar surface area (TPSA) is 46.6 Å². The van der Waals surface area contributed by atoms with Gasteiger partial charge in [-0.2, -0.15) is 0 Å². The van der Waals surface area contributed by atoms with Crippen LogP contribution in [0.1, 0.15) is 48.8 Å². The van der Waals surface area contributed by atoms with Gasteiger partial charge in [0.15, 0.2) is 0 Å². The zero-order chi connectivity index (χ0) is 25.6. The fraction of sp³-hybridized carbons (Fsp3) is 0.485. The van der Waals surface area contributed by atoms with E-state index in [1.807, 2.05) is 12.4 Å². The van der Waals surface area contributed by atoms with E-state index >= 15 is 0 Å². The van der Waals surface area contributed by atoms with Crippen LogP contribution in [0, 0.1) is 5.92 Å². The Kier molecular flexibility index (Phi) is 8.35. The molecule has 1 aliphatic heterocycles. The number of allylic oxidation sites excluding steroid dienone is 6. The number of fused-ring (bicyclic) bond motifs is 3. The number of pyridine rings is 1. The minimum absolute atomic E-state index is 0.337. The van der Waals surface area contributed by atoms with E-state index in [1.165, 1.54) is 39.8 Å². The molecule has 2 heterocycles. The van der Waals surface area contributed by atoms with Crippen LogP contribution in [0.5, 0.6) is 0 Å². The Hall–Kier alpha value is -2.73. The van der Waals surface area contributed by atoms with Crippen LogP contribution in [-0.2, 0) is 22.3 Å². The molecule has 1 saturated carbocycles. The number of piperazine rings is 1. The Balaban J connectivity index is 1.03. The summed E-state index contributed by atoms with van der Waals surface area (Å²) in [5.41, 5.74) is 8.04. The third-order valence-electron chi connectivity index (χ3n) is 8.46. The second kappa shape index (κ2) is 12.4. The predicted octanol–water partition coefficient (Wildman–Crippen LogP) is 5.57. The molecule has 2 fully saturated rings. The molecule has 1 aromatic heterocycles. The van der Waals surface area contributed by atoms with E-state index in [1.54, 1.807) is 0 Å². The van der Waals surface area contributed by atoms with E-state index in [9.17, 15) is 0 Å². The van der Waals surface area contributed by atoms with Crippen molar-refractivity contribution in [2.45, 2.75) is 51.0 Å². The predicted molar refractivity (Wildman–Crippen MR) is 154 cm³/mol. The first-order valence-electron chi connectivity index (χ1n) is 14.6. The number of aryl methyl sites for hydroxylation is 2. The highest BCUT2D eigenvalue weighted by Crippen LogP contribution is 2.35. The van der Waals surface area contributed by atoms with Gasteiger partial charge in [-0.15, -0.1) is 0 Å². The van der Waals surface area contributed by atoms with Gasteiger partial charge in [0.05, 0.1) is 18.5 Å². The number of rotatable bonds is 8. The summed E-state index contributed by atoms with van der Waals surface area (Å²) in [6.07, 6.45) is 20.9. The van der Waals surface area contributed by atoms with Gasteiger partial charge in [0.25, 0.3) is 0 Å². The van der Waals surface area contributed by atoms with Crippen LogP contribution in [0.4, 0.5) is 0 Å². The van der Waals surface area contributed by atoms with Crippen LogP contribution in [0.3, 0.4) is 0 Å². The first kappa shape index (κ1) is 25.5. The van der Waals surface area contributed by atoms with Crippen LogP contribution in [0.15, 0.2) is 66.7 Å². The summed E-state index contributed by atoms with van der Waals surface area (Å²) in [6.45, 7) is 7.26. The monoisotopic (exact) mass is 511 g/mol. The van der Waals surface area contributed by atoms with Gasteiger partial charge in [-0.1, -0.05) is 36.4 Å². The molecule has 3 aliphatic carbocycles. The number of hydrogen-bond acceptors (Lipinski definition) is 5. The summed E-state index contributed by atoms with van der Waals surface area (Å²) in [7, 11) is 0. The Labute approximate surface area is 227 Å². The summed E-state index contributed by atoms with van der Waals surface area (Å²) >= 11 is 0. The van der Waals surface area contributed by atoms with E-state index in [0.717, 1.165) is 90.2 Å². The van der Waals surface area contributed by atoms with E-state index in [0.29, 0.717) is 12.0 Å². The zero-order valence-corrected chi connectivity index (χ0v) is 22.5. The Morgan fingerprint density at radius 1 is 0.974 bits per heavy atom. The summed E-state index contributed by atoms with van der Waals surface area (Å²) < 4.78 is 12.4. The maximum absolute atomic E-state index is 6.43. The highest BCUT2D eigenvalue weighted by atomic mass is 16.5. The van der Waals surface area contributed by atoms with Crippen molar-refractivity contribution in [1.82, 2.24) is 15.2 Å². The fourth-order valence-electron chi connectivity index (χ4n) is 6.14. The number of benzene rings is 1. The zero-order valence-electron chi connectivity index (χ0n) is 22.5. The molecular formula is C33H41N3O2. The molecule has 2 aromatic rings. The molecule has 0 amide bonds. The van der Waals surface area contributed by atoms with Gasteiger partial charge in [0, 0.05) is 63.7 Å². The lowest BCUT2D eigenvalue weighted by atomic mass is 9.83. The van der Waals surface area contributed by atoms with Crippen molar-refractivity contribution >= 4 is 5.57 Å². The molecule has 200 valence electrons. The van der Waals surface area contributed by atoms with Gasteiger partial charge < -0.3 is 14.8 Å². The Morgan fingerprint density at radius 2 is 1.87 bits per heavy atom. The number of nitrogens with one attached hydrogen (secondary N) is 1. The third-order valence-corrected chi connectivity index (χ3v) is 8.46. The van der Waals surface area contributed by atoms with Gasteiger partial charge in [-0.3, -0.25) is 9.88 Å². The lowest BCUT2D eigenvalue weighted by Gasteiger charge is -2.36. The first-order valence-corrected chi connectivity index (χ1v) is 14.6. The second-order valence-corrected chi connectivity index (χ2v) is 11.2. The molecule has 6 rings (SSSR count). The quantitative estimate of drug-likeness (QED) is 0.470. The van der Waals surface area contributed by atoms with Gasteiger partial charge >= 0.3 is 0 Å². The molecule has 1 N–H and O–H groups in total. The highest BCUT2D eigenvalue weighted by Gasteiger charge is 2.31. The van der Waals surface area contributed by atoms with Crippen molar-refractivity contribution in [3.8, 4) is 11.1 Å². The van der Waals surface area contributed by atoms with Crippen LogP contribution in [0.25, 0.3) is 16.7 Å². The molecule has 0 unspecified atom stereocenters. The Morgan fingerprint density at radius 3 is 2.79 bits per heavy atom. The molecule has 0 atom stereocenters. The standard InChI is InChI=1S/C33H41N3O2/c1-2-7-30(38-31-20-25(21-31)24-37-19-18-36-16-14-34-15-17-36)10-8-26(4-1)28-9-11-32-29(22-28)6-3-5-27-12-13-35-23-33(27)32/h1,4,8-13,22-23,25,31,34H,2-3,5-7,14-21,24H2/b4-1-,26-8+,30-10+. The van der Waals surface area contributed by atoms with Crippen molar-refractivity contribution in [3.63, 3.8) is 0 Å². The molecule has 1 saturated heterocycles. The van der Waals surface area contributed by atoms with Gasteiger partial charge in [0.1, 0.15) is 0 Å². The summed E-state index contributed by atoms with van der Waals surface area (Å²) in [5.74, 6) is 1.76. The van der Waals surface area contributed by atoms with E-state index in [2.05, 4.69) is 63.8 Å². The first-order chi connectivity index (χ1) is 18.8. The number of aromatic nitrogens is 1. The van der Waals surface area contributed by atoms with Crippen molar-refractivity contribution < 1.29 is 9.47 Å². The highest BCUT2D eigenvalue weighted by molar-refractivity contribution is 5.79. The third kappa shape index (κ3) is 6.28. The number of ether oxygens (including phenoxy) is 2. The Bertz CT molecular complexity index is 1190. The normalized spacial score (nSPS) is 27.2. The van der Waals surface area contributed by atoms with Gasteiger partial charge in [-0.05, 0) is 84.4 Å². The molecule has 1 aromatic carbocycles. The molecule has 0 bridgehead atoms. The van der Waals surface area contributed by atoms with Crippen LogP contribution in [-0.4, -0.2) is 61.9 Å². The lowest BCUT2D eigenvalue weighted by Crippen LogP contribution is -2.44. The maximum Gasteiger partial charge on any atom is 0.0989 e. The van der Waals surface area contributed by atoms with Crippen LogP contribution < -0.4 is 5.32 Å². The SMILES string of the molecule is C1=C/C(c2ccc3c(c2)CCCc2ccncc2-3)=C\C=C(\OC2CC(COCCN3CCNCC3)C2)CC\1.